The van der Waals surface area contributed by atoms with Crippen molar-refractivity contribution in [2.75, 3.05) is 5.75 Å². The summed E-state index contributed by atoms with van der Waals surface area (Å²) in [5, 5.41) is 0.601. The minimum absolute atomic E-state index is 0. The molecule has 1 aliphatic rings. The van der Waals surface area contributed by atoms with Gasteiger partial charge in [0.15, 0.2) is 0 Å². The monoisotopic (exact) mass is 235 g/mol. The van der Waals surface area contributed by atoms with E-state index >= 15 is 0 Å². The summed E-state index contributed by atoms with van der Waals surface area (Å²) in [6.45, 7) is 2.12. The summed E-state index contributed by atoms with van der Waals surface area (Å²) >= 11 is 1.73. The van der Waals surface area contributed by atoms with Crippen LogP contribution in [-0.2, 0) is 10.3 Å². The van der Waals surface area contributed by atoms with Gasteiger partial charge < -0.3 is 0 Å². The summed E-state index contributed by atoms with van der Waals surface area (Å²) in [7, 11) is -4.00. The average molecular weight is 235 g/mol. The summed E-state index contributed by atoms with van der Waals surface area (Å²) in [4.78, 5) is 0. The van der Waals surface area contributed by atoms with Crippen LogP contribution < -0.4 is 4.72 Å². The fourth-order valence-corrected chi connectivity index (χ4v) is 3.03. The van der Waals surface area contributed by atoms with E-state index in [1.54, 1.807) is 11.8 Å². The van der Waals surface area contributed by atoms with Crippen molar-refractivity contribution < 1.29 is 13.0 Å². The van der Waals surface area contributed by atoms with Crippen LogP contribution in [0.15, 0.2) is 0 Å². The van der Waals surface area contributed by atoms with Crippen molar-refractivity contribution in [3.05, 3.63) is 0 Å². The Hall–Kier alpha value is 1.22. The molecule has 0 radical (unpaired) electrons. The van der Waals surface area contributed by atoms with Crippen molar-refractivity contribution in [2.45, 2.75) is 31.1 Å². The third kappa shape index (κ3) is 6.33. The Bertz CT molecular complexity index is 236. The van der Waals surface area contributed by atoms with E-state index in [0.717, 1.165) is 18.6 Å². The van der Waals surface area contributed by atoms with Gasteiger partial charge in [0, 0.05) is 17.0 Å². The standard InChI is InChI=1S/C6H13NO3S2.Na.H/c1-5-2-3-6(4-11-5)7-12(8,9)10;;/h5-7H,2-4H2,1H3,(H,8,9,10);;. The molecule has 0 aliphatic carbocycles. The maximum atomic E-state index is 10.4. The molecular weight excluding hydrogens is 221 g/mol. The first-order valence-corrected chi connectivity index (χ1v) is 6.32. The van der Waals surface area contributed by atoms with Crippen LogP contribution in [0.3, 0.4) is 0 Å². The van der Waals surface area contributed by atoms with Crippen LogP contribution in [0.25, 0.3) is 0 Å². The molecule has 1 fully saturated rings. The van der Waals surface area contributed by atoms with Crippen molar-refractivity contribution in [1.29, 1.82) is 0 Å². The van der Waals surface area contributed by atoms with Gasteiger partial charge in [0.2, 0.25) is 0 Å². The van der Waals surface area contributed by atoms with Gasteiger partial charge in [-0.1, -0.05) is 6.92 Å². The van der Waals surface area contributed by atoms with E-state index in [4.69, 9.17) is 4.55 Å². The molecule has 7 heteroatoms. The topological polar surface area (TPSA) is 66.4 Å². The number of nitrogens with one attached hydrogen (secondary N) is 1. The molecule has 0 aromatic heterocycles. The number of rotatable bonds is 2. The zero-order chi connectivity index (χ0) is 9.19. The molecule has 1 saturated heterocycles. The Labute approximate surface area is 105 Å². The van der Waals surface area contributed by atoms with E-state index in [0.29, 0.717) is 5.25 Å². The fourth-order valence-electron chi connectivity index (χ4n) is 1.19. The van der Waals surface area contributed by atoms with E-state index in [1.165, 1.54) is 0 Å². The molecule has 2 atom stereocenters. The molecule has 2 N–H and O–H groups in total. The van der Waals surface area contributed by atoms with Gasteiger partial charge >= 0.3 is 39.9 Å². The Morgan fingerprint density at radius 2 is 2.08 bits per heavy atom. The third-order valence-corrected chi connectivity index (χ3v) is 3.85. The normalized spacial score (nSPS) is 29.4. The molecular formula is C6H14NNaO3S2. The molecule has 0 bridgehead atoms. The summed E-state index contributed by atoms with van der Waals surface area (Å²) in [5.74, 6) is 0.751. The van der Waals surface area contributed by atoms with Gasteiger partial charge in [-0.3, -0.25) is 4.55 Å². The predicted molar refractivity (Wildman–Crippen MR) is 56.8 cm³/mol. The molecule has 1 aliphatic heterocycles. The Kier molecular flexibility index (Phi) is 6.50. The molecule has 0 aromatic rings. The van der Waals surface area contributed by atoms with Crippen molar-refractivity contribution in [3.63, 3.8) is 0 Å². The van der Waals surface area contributed by atoms with E-state index in [9.17, 15) is 8.42 Å². The first kappa shape index (κ1) is 14.2. The van der Waals surface area contributed by atoms with Crippen LogP contribution in [0.5, 0.6) is 0 Å². The van der Waals surface area contributed by atoms with Gasteiger partial charge in [-0.25, -0.2) is 0 Å². The zero-order valence-corrected chi connectivity index (χ0v) is 8.49. The molecule has 1 rings (SSSR count). The summed E-state index contributed by atoms with van der Waals surface area (Å²) in [5.41, 5.74) is 0. The van der Waals surface area contributed by atoms with Crippen molar-refractivity contribution >= 4 is 51.6 Å². The SMILES string of the molecule is CC1CCC(NS(=O)(=O)O)CS1.[NaH]. The number of hydrogen-bond donors (Lipinski definition) is 2. The second-order valence-corrected chi connectivity index (χ2v) is 5.67. The fraction of sp³-hybridized carbons (Fsp3) is 1.00. The first-order chi connectivity index (χ1) is 5.47. The molecule has 1 heterocycles. The van der Waals surface area contributed by atoms with E-state index in [-0.39, 0.29) is 35.6 Å². The second-order valence-electron chi connectivity index (χ2n) is 3.01. The van der Waals surface area contributed by atoms with E-state index < -0.39 is 10.3 Å². The molecule has 0 spiro atoms. The van der Waals surface area contributed by atoms with Gasteiger partial charge in [-0.2, -0.15) is 24.9 Å². The Morgan fingerprint density at radius 1 is 1.46 bits per heavy atom. The quantitative estimate of drug-likeness (QED) is 0.523. The molecule has 0 aromatic carbocycles. The predicted octanol–water partition coefficient (Wildman–Crippen LogP) is 0.0144. The van der Waals surface area contributed by atoms with Crippen LogP contribution in [0.2, 0.25) is 0 Å². The van der Waals surface area contributed by atoms with Gasteiger partial charge in [0.25, 0.3) is 0 Å². The minimum atomic E-state index is -4.00. The first-order valence-electron chi connectivity index (χ1n) is 3.84. The van der Waals surface area contributed by atoms with Crippen molar-refractivity contribution in [1.82, 2.24) is 4.72 Å². The van der Waals surface area contributed by atoms with E-state index in [1.807, 2.05) is 0 Å². The van der Waals surface area contributed by atoms with Gasteiger partial charge in [0.1, 0.15) is 0 Å². The number of hydrogen-bond acceptors (Lipinski definition) is 3. The second kappa shape index (κ2) is 5.95. The van der Waals surface area contributed by atoms with Crippen LogP contribution >= 0.6 is 11.8 Å². The molecule has 2 unspecified atom stereocenters. The number of thioether (sulfide) groups is 1. The molecule has 0 saturated carbocycles. The molecule has 13 heavy (non-hydrogen) atoms. The summed E-state index contributed by atoms with van der Waals surface area (Å²) in [6, 6.07) is -0.0961. The van der Waals surface area contributed by atoms with Gasteiger partial charge in [0.05, 0.1) is 0 Å². The Morgan fingerprint density at radius 3 is 2.46 bits per heavy atom. The van der Waals surface area contributed by atoms with Crippen LogP contribution in [0.4, 0.5) is 0 Å². The molecule has 4 nitrogen and oxygen atoms in total. The van der Waals surface area contributed by atoms with Gasteiger partial charge in [-0.05, 0) is 12.8 Å². The van der Waals surface area contributed by atoms with E-state index in [2.05, 4.69) is 11.6 Å². The van der Waals surface area contributed by atoms with Gasteiger partial charge in [-0.15, -0.1) is 0 Å². The summed E-state index contributed by atoms with van der Waals surface area (Å²) in [6.07, 6.45) is 1.81. The Balaban J connectivity index is 0.00000144. The average Bonchev–Trinajstić information content (AvgIpc) is 1.91. The van der Waals surface area contributed by atoms with Crippen LogP contribution in [0.1, 0.15) is 19.8 Å². The van der Waals surface area contributed by atoms with Crippen molar-refractivity contribution in [2.24, 2.45) is 0 Å². The van der Waals surface area contributed by atoms with Crippen molar-refractivity contribution in [3.8, 4) is 0 Å². The van der Waals surface area contributed by atoms with Crippen LogP contribution in [0, 0.1) is 0 Å². The molecule has 0 amide bonds. The maximum absolute atomic E-state index is 10.4. The third-order valence-electron chi connectivity index (χ3n) is 1.82. The summed E-state index contributed by atoms with van der Waals surface area (Å²) < 4.78 is 31.5. The van der Waals surface area contributed by atoms with Crippen LogP contribution in [-0.4, -0.2) is 59.6 Å². The zero-order valence-electron chi connectivity index (χ0n) is 6.86. The molecule has 74 valence electrons.